The Balaban J connectivity index is 4.04. The highest BCUT2D eigenvalue weighted by atomic mass is 16.3. The number of hydrogen-bond donors (Lipinski definition) is 1. The van der Waals surface area contributed by atoms with Gasteiger partial charge >= 0.3 is 0 Å². The predicted molar refractivity (Wildman–Crippen MR) is 49.5 cm³/mol. The molecule has 0 aliphatic rings. The van der Waals surface area contributed by atoms with Crippen LogP contribution < -0.4 is 0 Å². The molecule has 0 amide bonds. The highest BCUT2D eigenvalue weighted by molar-refractivity contribution is 5.23. The smallest absolute Gasteiger partial charge is 0.0626 e. The van der Waals surface area contributed by atoms with Gasteiger partial charge in [-0.3, -0.25) is 0 Å². The van der Waals surface area contributed by atoms with E-state index in [1.165, 1.54) is 0 Å². The Morgan fingerprint density at radius 3 is 2.18 bits per heavy atom. The van der Waals surface area contributed by atoms with E-state index < -0.39 is 5.60 Å². The molecule has 0 aliphatic carbocycles. The van der Waals surface area contributed by atoms with Crippen molar-refractivity contribution in [1.29, 1.82) is 0 Å². The molecule has 0 rings (SSSR count). The minimum Gasteiger partial charge on any atom is -0.390 e. The van der Waals surface area contributed by atoms with Crippen LogP contribution in [-0.2, 0) is 0 Å². The summed E-state index contributed by atoms with van der Waals surface area (Å²) >= 11 is 0. The van der Waals surface area contributed by atoms with E-state index in [0.717, 1.165) is 11.1 Å². The van der Waals surface area contributed by atoms with Gasteiger partial charge in [0.15, 0.2) is 0 Å². The Labute approximate surface area is 69.4 Å². The van der Waals surface area contributed by atoms with Gasteiger partial charge in [-0.1, -0.05) is 23.8 Å². The summed E-state index contributed by atoms with van der Waals surface area (Å²) in [5.41, 5.74) is 1.62. The lowest BCUT2D eigenvalue weighted by atomic mass is 10.0. The lowest BCUT2D eigenvalue weighted by molar-refractivity contribution is 0.0837. The van der Waals surface area contributed by atoms with Crippen molar-refractivity contribution in [1.82, 2.24) is 0 Å². The molecule has 11 heavy (non-hydrogen) atoms. The van der Waals surface area contributed by atoms with Crippen molar-refractivity contribution in [2.75, 3.05) is 0 Å². The van der Waals surface area contributed by atoms with Gasteiger partial charge in [-0.25, -0.2) is 0 Å². The van der Waals surface area contributed by atoms with E-state index in [4.69, 9.17) is 0 Å². The van der Waals surface area contributed by atoms with Crippen LogP contribution in [0.2, 0.25) is 0 Å². The van der Waals surface area contributed by atoms with Crippen molar-refractivity contribution in [3.05, 3.63) is 23.8 Å². The first-order valence-corrected chi connectivity index (χ1v) is 3.88. The van der Waals surface area contributed by atoms with Crippen molar-refractivity contribution in [2.45, 2.75) is 39.7 Å². The van der Waals surface area contributed by atoms with Crippen LogP contribution in [-0.4, -0.2) is 10.7 Å². The fourth-order valence-corrected chi connectivity index (χ4v) is 0.577. The van der Waals surface area contributed by atoms with Crippen molar-refractivity contribution in [3.63, 3.8) is 0 Å². The molecule has 0 spiro atoms. The summed E-state index contributed by atoms with van der Waals surface area (Å²) in [6, 6.07) is 0. The summed E-state index contributed by atoms with van der Waals surface area (Å²) in [6.07, 6.45) is 2.70. The van der Waals surface area contributed by atoms with Gasteiger partial charge in [0.1, 0.15) is 0 Å². The van der Waals surface area contributed by atoms with Gasteiger partial charge < -0.3 is 5.11 Å². The molecule has 0 atom stereocenters. The lowest BCUT2D eigenvalue weighted by Gasteiger charge is -2.14. The summed E-state index contributed by atoms with van der Waals surface area (Å²) in [6.45, 7) is 11.4. The molecule has 0 radical (unpaired) electrons. The zero-order valence-electron chi connectivity index (χ0n) is 7.94. The van der Waals surface area contributed by atoms with Crippen LogP contribution in [0.1, 0.15) is 34.1 Å². The average Bonchev–Trinajstić information content (AvgIpc) is 1.80. The van der Waals surface area contributed by atoms with Crippen LogP contribution >= 0.6 is 0 Å². The first-order valence-electron chi connectivity index (χ1n) is 3.88. The summed E-state index contributed by atoms with van der Waals surface area (Å²) in [5, 5.41) is 9.37. The van der Waals surface area contributed by atoms with E-state index in [1.807, 2.05) is 19.9 Å². The molecule has 0 unspecified atom stereocenters. The Kier molecular flexibility index (Phi) is 3.53. The molecule has 0 saturated carbocycles. The third kappa shape index (κ3) is 5.86. The van der Waals surface area contributed by atoms with Gasteiger partial charge in [-0.15, -0.1) is 0 Å². The molecule has 0 aromatic carbocycles. The van der Waals surface area contributed by atoms with Crippen molar-refractivity contribution >= 4 is 0 Å². The normalized spacial score (nSPS) is 13.4. The largest absolute Gasteiger partial charge is 0.390 e. The number of rotatable bonds is 3. The fourth-order valence-electron chi connectivity index (χ4n) is 0.577. The molecule has 1 N–H and O–H groups in total. The number of aliphatic hydroxyl groups is 1. The van der Waals surface area contributed by atoms with E-state index in [0.29, 0.717) is 6.42 Å². The summed E-state index contributed by atoms with van der Waals surface area (Å²) in [7, 11) is 0. The van der Waals surface area contributed by atoms with Crippen LogP contribution in [0.4, 0.5) is 0 Å². The molecular weight excluding hydrogens is 136 g/mol. The molecule has 1 heteroatoms. The van der Waals surface area contributed by atoms with Crippen molar-refractivity contribution in [3.8, 4) is 0 Å². The average molecular weight is 154 g/mol. The number of allylic oxidation sites excluding steroid dienone is 2. The van der Waals surface area contributed by atoms with Gasteiger partial charge in [-0.2, -0.15) is 0 Å². The summed E-state index contributed by atoms with van der Waals surface area (Å²) in [4.78, 5) is 0. The lowest BCUT2D eigenvalue weighted by Crippen LogP contribution is -2.16. The highest BCUT2D eigenvalue weighted by Crippen LogP contribution is 2.13. The van der Waals surface area contributed by atoms with Crippen molar-refractivity contribution < 1.29 is 5.11 Å². The molecule has 0 aromatic heterocycles. The van der Waals surface area contributed by atoms with Gasteiger partial charge in [0.05, 0.1) is 5.60 Å². The molecule has 0 saturated heterocycles. The van der Waals surface area contributed by atoms with Gasteiger partial charge in [0.25, 0.3) is 0 Å². The second kappa shape index (κ2) is 3.72. The second-order valence-electron chi connectivity index (χ2n) is 3.68. The van der Waals surface area contributed by atoms with Crippen LogP contribution in [0, 0.1) is 0 Å². The van der Waals surface area contributed by atoms with E-state index in [-0.39, 0.29) is 0 Å². The fraction of sp³-hybridized carbons (Fsp3) is 0.600. The topological polar surface area (TPSA) is 20.2 Å². The second-order valence-corrected chi connectivity index (χ2v) is 3.68. The number of hydrogen-bond acceptors (Lipinski definition) is 1. The predicted octanol–water partition coefficient (Wildman–Crippen LogP) is 2.67. The maximum absolute atomic E-state index is 9.37. The molecule has 1 nitrogen and oxygen atoms in total. The Morgan fingerprint density at radius 2 is 1.91 bits per heavy atom. The minimum absolute atomic E-state index is 0.600. The standard InChI is InChI=1S/C10H18O/c1-8(2)9(3)6-7-10(4,5)11/h6,11H,1,7H2,2-5H3/b9-6+. The zero-order valence-corrected chi connectivity index (χ0v) is 7.94. The SMILES string of the molecule is C=C(C)/C(C)=C/CC(C)(C)O. The van der Waals surface area contributed by atoms with E-state index >= 15 is 0 Å². The van der Waals surface area contributed by atoms with Crippen LogP contribution in [0.15, 0.2) is 23.8 Å². The molecule has 0 bridgehead atoms. The summed E-state index contributed by atoms with van der Waals surface area (Å²) in [5.74, 6) is 0. The van der Waals surface area contributed by atoms with Gasteiger partial charge in [-0.05, 0) is 34.1 Å². The molecule has 0 aromatic rings. The molecule has 0 fully saturated rings. The molecule has 0 heterocycles. The Bertz CT molecular complexity index is 170. The van der Waals surface area contributed by atoms with Gasteiger partial charge in [0, 0.05) is 0 Å². The zero-order chi connectivity index (χ0) is 9.07. The summed E-state index contributed by atoms with van der Waals surface area (Å²) < 4.78 is 0. The Hall–Kier alpha value is -0.560. The first kappa shape index (κ1) is 10.4. The third-order valence-electron chi connectivity index (χ3n) is 1.58. The first-order chi connectivity index (χ1) is 4.83. The van der Waals surface area contributed by atoms with E-state index in [9.17, 15) is 5.11 Å². The van der Waals surface area contributed by atoms with Crippen molar-refractivity contribution in [2.24, 2.45) is 0 Å². The molecular formula is C10H18O. The maximum Gasteiger partial charge on any atom is 0.0626 e. The van der Waals surface area contributed by atoms with E-state index in [2.05, 4.69) is 6.58 Å². The third-order valence-corrected chi connectivity index (χ3v) is 1.58. The van der Waals surface area contributed by atoms with Crippen LogP contribution in [0.3, 0.4) is 0 Å². The quantitative estimate of drug-likeness (QED) is 0.620. The molecule has 64 valence electrons. The molecule has 0 aliphatic heterocycles. The van der Waals surface area contributed by atoms with Crippen LogP contribution in [0.25, 0.3) is 0 Å². The Morgan fingerprint density at radius 1 is 1.45 bits per heavy atom. The van der Waals surface area contributed by atoms with E-state index in [1.54, 1.807) is 13.8 Å². The highest BCUT2D eigenvalue weighted by Gasteiger charge is 2.09. The minimum atomic E-state index is -0.600. The van der Waals surface area contributed by atoms with Gasteiger partial charge in [0.2, 0.25) is 0 Å². The monoisotopic (exact) mass is 154 g/mol. The maximum atomic E-state index is 9.37. The van der Waals surface area contributed by atoms with Crippen LogP contribution in [0.5, 0.6) is 0 Å².